The molecule has 1 unspecified atom stereocenters. The van der Waals surface area contributed by atoms with Gasteiger partial charge in [0.1, 0.15) is 10.6 Å². The first-order chi connectivity index (χ1) is 14.6. The molecule has 7 nitrogen and oxygen atoms in total. The third-order valence-electron chi connectivity index (χ3n) is 5.02. The van der Waals surface area contributed by atoms with Crippen LogP contribution in [0.3, 0.4) is 0 Å². The lowest BCUT2D eigenvalue weighted by atomic mass is 9.97. The molecule has 1 fully saturated rings. The van der Waals surface area contributed by atoms with E-state index in [1.54, 1.807) is 22.8 Å². The van der Waals surface area contributed by atoms with Gasteiger partial charge in [-0.3, -0.25) is 4.79 Å². The zero-order valence-corrected chi connectivity index (χ0v) is 18.5. The van der Waals surface area contributed by atoms with E-state index >= 15 is 0 Å². The van der Waals surface area contributed by atoms with Gasteiger partial charge >= 0.3 is 5.97 Å². The number of methoxy groups -OCH3 is 1. The number of ether oxygens (including phenoxy) is 2. The second-order valence-corrected chi connectivity index (χ2v) is 8.91. The molecular formula is C21H23N3O4S2. The fourth-order valence-corrected chi connectivity index (χ4v) is 5.34. The molecule has 0 aliphatic carbocycles. The van der Waals surface area contributed by atoms with Crippen molar-refractivity contribution in [3.05, 3.63) is 34.5 Å². The van der Waals surface area contributed by atoms with Crippen LogP contribution in [-0.2, 0) is 9.53 Å². The van der Waals surface area contributed by atoms with Crippen LogP contribution in [0.2, 0.25) is 0 Å². The number of amides is 1. The molecule has 0 radical (unpaired) electrons. The van der Waals surface area contributed by atoms with Gasteiger partial charge in [-0.05, 0) is 49.4 Å². The van der Waals surface area contributed by atoms with Crippen LogP contribution in [0.4, 0.5) is 10.8 Å². The minimum absolute atomic E-state index is 0.0806. The summed E-state index contributed by atoms with van der Waals surface area (Å²) in [5, 5.41) is 5.59. The van der Waals surface area contributed by atoms with Crippen LogP contribution in [-0.4, -0.2) is 43.7 Å². The van der Waals surface area contributed by atoms with Gasteiger partial charge in [0.2, 0.25) is 5.91 Å². The molecule has 1 amide bonds. The minimum atomic E-state index is -0.438. The van der Waals surface area contributed by atoms with Gasteiger partial charge in [-0.15, -0.1) is 11.3 Å². The van der Waals surface area contributed by atoms with E-state index in [2.05, 4.69) is 10.2 Å². The molecule has 3 heterocycles. The standard InChI is InChI=1S/C21H23N3O4S2/c1-3-28-14-6-7-15-17(11-14)30-21(23-15)24-9-4-5-13(12-24)19(25)22-16-8-10-29-18(16)20(26)27-2/h6-8,10-11,13H,3-5,9,12H2,1-2H3,(H,22,25). The molecule has 1 aliphatic rings. The van der Waals surface area contributed by atoms with E-state index in [1.807, 2.05) is 25.1 Å². The molecule has 1 atom stereocenters. The van der Waals surface area contributed by atoms with Gasteiger partial charge in [0.25, 0.3) is 0 Å². The number of piperidine rings is 1. The van der Waals surface area contributed by atoms with Crippen LogP contribution in [0.25, 0.3) is 10.2 Å². The number of anilines is 2. The van der Waals surface area contributed by atoms with Crippen molar-refractivity contribution in [2.75, 3.05) is 37.0 Å². The Morgan fingerprint density at radius 1 is 1.33 bits per heavy atom. The third kappa shape index (κ3) is 4.27. The zero-order chi connectivity index (χ0) is 21.1. The molecule has 158 valence electrons. The smallest absolute Gasteiger partial charge is 0.350 e. The maximum Gasteiger partial charge on any atom is 0.350 e. The van der Waals surface area contributed by atoms with Gasteiger partial charge in [0.05, 0.1) is 35.5 Å². The molecule has 1 aliphatic heterocycles. The fraction of sp³-hybridized carbons (Fsp3) is 0.381. The van der Waals surface area contributed by atoms with Crippen LogP contribution < -0.4 is 15.0 Å². The number of carbonyl (C=O) groups excluding carboxylic acids is 2. The zero-order valence-electron chi connectivity index (χ0n) is 16.8. The number of nitrogens with one attached hydrogen (secondary N) is 1. The lowest BCUT2D eigenvalue weighted by Gasteiger charge is -2.31. The van der Waals surface area contributed by atoms with Gasteiger partial charge < -0.3 is 19.7 Å². The molecule has 30 heavy (non-hydrogen) atoms. The second kappa shape index (κ2) is 9.01. The molecule has 0 bridgehead atoms. The number of thiazole rings is 1. The fourth-order valence-electron chi connectivity index (χ4n) is 3.54. The quantitative estimate of drug-likeness (QED) is 0.567. The molecule has 1 saturated heterocycles. The minimum Gasteiger partial charge on any atom is -0.494 e. The monoisotopic (exact) mass is 445 g/mol. The van der Waals surface area contributed by atoms with E-state index in [9.17, 15) is 9.59 Å². The highest BCUT2D eigenvalue weighted by atomic mass is 32.1. The predicted molar refractivity (Wildman–Crippen MR) is 120 cm³/mol. The number of hydrogen-bond acceptors (Lipinski definition) is 8. The maximum absolute atomic E-state index is 12.9. The van der Waals surface area contributed by atoms with E-state index < -0.39 is 5.97 Å². The number of nitrogens with zero attached hydrogens (tertiary/aromatic N) is 2. The van der Waals surface area contributed by atoms with Crippen molar-refractivity contribution in [1.29, 1.82) is 0 Å². The molecule has 9 heteroatoms. The van der Waals surface area contributed by atoms with E-state index in [1.165, 1.54) is 18.4 Å². The normalized spacial score (nSPS) is 16.5. The Balaban J connectivity index is 1.46. The Hall–Kier alpha value is -2.65. The van der Waals surface area contributed by atoms with Crippen molar-refractivity contribution >= 4 is 55.6 Å². The summed E-state index contributed by atoms with van der Waals surface area (Å²) >= 11 is 2.87. The summed E-state index contributed by atoms with van der Waals surface area (Å²) in [4.78, 5) is 32.1. The number of rotatable bonds is 6. The number of hydrogen-bond donors (Lipinski definition) is 1. The molecular weight excluding hydrogens is 422 g/mol. The number of thiophene rings is 1. The van der Waals surface area contributed by atoms with E-state index in [-0.39, 0.29) is 11.8 Å². The molecule has 1 N–H and O–H groups in total. The lowest BCUT2D eigenvalue weighted by molar-refractivity contribution is -0.120. The summed E-state index contributed by atoms with van der Waals surface area (Å²) in [5.41, 5.74) is 1.45. The highest BCUT2D eigenvalue weighted by Crippen LogP contribution is 2.34. The summed E-state index contributed by atoms with van der Waals surface area (Å²) in [6.45, 7) is 4.06. The van der Waals surface area contributed by atoms with E-state index in [0.717, 1.165) is 40.5 Å². The topological polar surface area (TPSA) is 80.8 Å². The average Bonchev–Trinajstić information content (AvgIpc) is 3.40. The maximum atomic E-state index is 12.9. The van der Waals surface area contributed by atoms with Gasteiger partial charge in [0, 0.05) is 13.1 Å². The molecule has 0 spiro atoms. The molecule has 4 rings (SSSR count). The molecule has 0 saturated carbocycles. The van der Waals surface area contributed by atoms with Crippen molar-refractivity contribution in [3.8, 4) is 5.75 Å². The average molecular weight is 446 g/mol. The Morgan fingerprint density at radius 3 is 3.00 bits per heavy atom. The first-order valence-electron chi connectivity index (χ1n) is 9.84. The summed E-state index contributed by atoms with van der Waals surface area (Å²) in [6, 6.07) is 7.65. The van der Waals surface area contributed by atoms with Crippen molar-refractivity contribution < 1.29 is 19.1 Å². The summed E-state index contributed by atoms with van der Waals surface area (Å²) < 4.78 is 11.4. The van der Waals surface area contributed by atoms with Crippen LogP contribution in [0.5, 0.6) is 5.75 Å². The first-order valence-corrected chi connectivity index (χ1v) is 11.5. The van der Waals surface area contributed by atoms with Crippen LogP contribution >= 0.6 is 22.7 Å². The Labute approximate surface area is 182 Å². The first kappa shape index (κ1) is 20.6. The summed E-state index contributed by atoms with van der Waals surface area (Å²) in [6.07, 6.45) is 1.71. The Morgan fingerprint density at radius 2 is 2.20 bits per heavy atom. The van der Waals surface area contributed by atoms with Crippen LogP contribution in [0, 0.1) is 5.92 Å². The molecule has 2 aromatic heterocycles. The Bertz CT molecular complexity index is 1060. The van der Waals surface area contributed by atoms with E-state index in [4.69, 9.17) is 14.5 Å². The van der Waals surface area contributed by atoms with Gasteiger partial charge in [-0.25, -0.2) is 9.78 Å². The lowest BCUT2D eigenvalue weighted by Crippen LogP contribution is -2.40. The van der Waals surface area contributed by atoms with Crippen LogP contribution in [0.1, 0.15) is 29.4 Å². The number of esters is 1. The molecule has 1 aromatic carbocycles. The SMILES string of the molecule is CCOc1ccc2nc(N3CCCC(C(=O)Nc4ccsc4C(=O)OC)C3)sc2c1. The third-order valence-corrected chi connectivity index (χ3v) is 6.99. The highest BCUT2D eigenvalue weighted by molar-refractivity contribution is 7.22. The second-order valence-electron chi connectivity index (χ2n) is 6.99. The number of fused-ring (bicyclic) bond motifs is 1. The number of aromatic nitrogens is 1. The van der Waals surface area contributed by atoms with Crippen molar-refractivity contribution in [2.45, 2.75) is 19.8 Å². The van der Waals surface area contributed by atoms with Gasteiger partial charge in [-0.1, -0.05) is 11.3 Å². The predicted octanol–water partition coefficient (Wildman–Crippen LogP) is 4.40. The van der Waals surface area contributed by atoms with Crippen LogP contribution in [0.15, 0.2) is 29.6 Å². The van der Waals surface area contributed by atoms with Crippen molar-refractivity contribution in [3.63, 3.8) is 0 Å². The molecule has 3 aromatic rings. The Kier molecular flexibility index (Phi) is 6.19. The van der Waals surface area contributed by atoms with Crippen molar-refractivity contribution in [2.24, 2.45) is 5.92 Å². The summed E-state index contributed by atoms with van der Waals surface area (Å²) in [5.74, 6) is 0.151. The highest BCUT2D eigenvalue weighted by Gasteiger charge is 2.28. The van der Waals surface area contributed by atoms with E-state index in [0.29, 0.717) is 23.7 Å². The summed E-state index contributed by atoms with van der Waals surface area (Å²) in [7, 11) is 1.34. The van der Waals surface area contributed by atoms with Crippen molar-refractivity contribution in [1.82, 2.24) is 4.98 Å². The van der Waals surface area contributed by atoms with Gasteiger partial charge in [0.15, 0.2) is 5.13 Å². The van der Waals surface area contributed by atoms with Gasteiger partial charge in [-0.2, -0.15) is 0 Å². The number of benzene rings is 1. The largest absolute Gasteiger partial charge is 0.494 e. The number of carbonyl (C=O) groups is 2.